The number of H-pyrrole nitrogens is 1. The monoisotopic (exact) mass is 382 g/mol. The zero-order valence-corrected chi connectivity index (χ0v) is 16.3. The topological polar surface area (TPSA) is 97.2 Å². The van der Waals surface area contributed by atoms with Crippen LogP contribution >= 0.6 is 0 Å². The summed E-state index contributed by atoms with van der Waals surface area (Å²) in [6.07, 6.45) is 9.12. The quantitative estimate of drug-likeness (QED) is 0.719. The maximum Gasteiger partial charge on any atom is 0.407 e. The van der Waals surface area contributed by atoms with Crippen LogP contribution in [0.5, 0.6) is 0 Å². The third-order valence-corrected chi connectivity index (χ3v) is 6.61. The number of hydrogen-bond donors (Lipinski definition) is 2. The van der Waals surface area contributed by atoms with Crippen LogP contribution < -0.4 is 5.32 Å². The molecule has 8 heteroatoms. The van der Waals surface area contributed by atoms with Gasteiger partial charge in [-0.25, -0.2) is 9.78 Å². The van der Waals surface area contributed by atoms with Crippen LogP contribution in [0.25, 0.3) is 16.8 Å². The number of aromatic nitrogens is 5. The molecule has 8 nitrogen and oxygen atoms in total. The molecular formula is C20H26N6O2. The molecule has 2 fully saturated rings. The second-order valence-corrected chi connectivity index (χ2v) is 8.53. The standard InChI is InChI=1S/C20H26N6O2/c1-3-12-9-13(28-19(27)23-20(2)6-4-7-20)10-14(12)18-25-24-16-11-22-17-15(26(16)18)5-8-21-17/h5,8,11-14,21H,3-4,6-7,9-10H2,1-2H3,(H,23,27). The molecule has 0 saturated heterocycles. The van der Waals surface area contributed by atoms with E-state index in [-0.39, 0.29) is 23.7 Å². The molecule has 3 atom stereocenters. The van der Waals surface area contributed by atoms with E-state index in [9.17, 15) is 4.79 Å². The average Bonchev–Trinajstić information content (AvgIpc) is 3.36. The van der Waals surface area contributed by atoms with E-state index in [4.69, 9.17) is 4.74 Å². The highest BCUT2D eigenvalue weighted by atomic mass is 16.6. The molecule has 148 valence electrons. The van der Waals surface area contributed by atoms with Crippen LogP contribution in [-0.4, -0.2) is 42.3 Å². The van der Waals surface area contributed by atoms with E-state index < -0.39 is 0 Å². The molecule has 3 aromatic rings. The number of nitrogens with zero attached hydrogens (tertiary/aromatic N) is 4. The first kappa shape index (κ1) is 17.5. The SMILES string of the molecule is CCC1CC(OC(=O)NC2(C)CCC2)CC1c1nnc2cnc3[nH]ccc3n12. The highest BCUT2D eigenvalue weighted by molar-refractivity contribution is 5.74. The van der Waals surface area contributed by atoms with Crippen molar-refractivity contribution in [3.63, 3.8) is 0 Å². The van der Waals surface area contributed by atoms with Crippen molar-refractivity contribution in [2.45, 2.75) is 69.9 Å². The smallest absolute Gasteiger partial charge is 0.407 e. The number of nitrogens with one attached hydrogen (secondary N) is 2. The van der Waals surface area contributed by atoms with E-state index in [1.165, 1.54) is 6.42 Å². The van der Waals surface area contributed by atoms with E-state index in [0.29, 0.717) is 5.92 Å². The largest absolute Gasteiger partial charge is 0.446 e. The minimum Gasteiger partial charge on any atom is -0.446 e. The van der Waals surface area contributed by atoms with Gasteiger partial charge in [-0.15, -0.1) is 10.2 Å². The van der Waals surface area contributed by atoms with Crippen molar-refractivity contribution in [2.24, 2.45) is 5.92 Å². The van der Waals surface area contributed by atoms with Gasteiger partial charge in [0.1, 0.15) is 11.9 Å². The number of hydrogen-bond acceptors (Lipinski definition) is 5. The molecular weight excluding hydrogens is 356 g/mol. The molecule has 0 aromatic carbocycles. The van der Waals surface area contributed by atoms with Crippen molar-refractivity contribution in [1.29, 1.82) is 0 Å². The number of amides is 1. The molecule has 3 aromatic heterocycles. The molecule has 1 amide bonds. The highest BCUT2D eigenvalue weighted by Gasteiger charge is 2.40. The van der Waals surface area contributed by atoms with Gasteiger partial charge in [-0.3, -0.25) is 4.40 Å². The zero-order valence-electron chi connectivity index (χ0n) is 16.3. The van der Waals surface area contributed by atoms with Crippen molar-refractivity contribution in [1.82, 2.24) is 29.9 Å². The number of carbonyl (C=O) groups is 1. The second kappa shape index (κ2) is 6.46. The van der Waals surface area contributed by atoms with Crippen molar-refractivity contribution >= 4 is 22.9 Å². The van der Waals surface area contributed by atoms with Crippen LogP contribution in [0.15, 0.2) is 18.5 Å². The molecule has 0 radical (unpaired) electrons. The van der Waals surface area contributed by atoms with E-state index in [2.05, 4.69) is 43.7 Å². The van der Waals surface area contributed by atoms with Crippen molar-refractivity contribution in [2.75, 3.05) is 0 Å². The van der Waals surface area contributed by atoms with Gasteiger partial charge < -0.3 is 15.0 Å². The van der Waals surface area contributed by atoms with Gasteiger partial charge in [0, 0.05) is 17.7 Å². The predicted molar refractivity (Wildman–Crippen MR) is 104 cm³/mol. The average molecular weight is 382 g/mol. The number of alkyl carbamates (subject to hydrolysis) is 1. The summed E-state index contributed by atoms with van der Waals surface area (Å²) in [5, 5.41) is 11.9. The molecule has 3 heterocycles. The third-order valence-electron chi connectivity index (χ3n) is 6.61. The normalized spacial score (nSPS) is 26.4. The predicted octanol–water partition coefficient (Wildman–Crippen LogP) is 3.55. The summed E-state index contributed by atoms with van der Waals surface area (Å²) in [6, 6.07) is 2.00. The summed E-state index contributed by atoms with van der Waals surface area (Å²) >= 11 is 0. The summed E-state index contributed by atoms with van der Waals surface area (Å²) in [4.78, 5) is 19.9. The minimum absolute atomic E-state index is 0.0880. The van der Waals surface area contributed by atoms with Gasteiger partial charge in [0.05, 0.1) is 11.7 Å². The lowest BCUT2D eigenvalue weighted by Gasteiger charge is -2.38. The number of carbonyl (C=O) groups excluding carboxylic acids is 1. The van der Waals surface area contributed by atoms with Gasteiger partial charge in [-0.05, 0) is 51.0 Å². The molecule has 2 aliphatic rings. The molecule has 2 aliphatic carbocycles. The Morgan fingerprint density at radius 3 is 3.00 bits per heavy atom. The molecule has 28 heavy (non-hydrogen) atoms. The Balaban J connectivity index is 1.38. The van der Waals surface area contributed by atoms with Crippen molar-refractivity contribution < 1.29 is 9.53 Å². The van der Waals surface area contributed by atoms with E-state index in [0.717, 1.165) is 54.7 Å². The van der Waals surface area contributed by atoms with Crippen LogP contribution in [0.3, 0.4) is 0 Å². The molecule has 0 spiro atoms. The van der Waals surface area contributed by atoms with Crippen LogP contribution in [0.4, 0.5) is 4.79 Å². The first-order valence-electron chi connectivity index (χ1n) is 10.2. The third kappa shape index (κ3) is 2.82. The number of fused-ring (bicyclic) bond motifs is 3. The van der Waals surface area contributed by atoms with Gasteiger partial charge in [-0.2, -0.15) is 0 Å². The molecule has 0 aliphatic heterocycles. The second-order valence-electron chi connectivity index (χ2n) is 8.53. The van der Waals surface area contributed by atoms with Gasteiger partial charge in [0.15, 0.2) is 11.3 Å². The lowest BCUT2D eigenvalue weighted by Crippen LogP contribution is -2.51. The molecule has 5 rings (SSSR count). The van der Waals surface area contributed by atoms with Crippen LogP contribution in [0, 0.1) is 5.92 Å². The number of ether oxygens (including phenoxy) is 1. The first-order chi connectivity index (χ1) is 13.6. The fourth-order valence-corrected chi connectivity index (χ4v) is 4.83. The first-order valence-corrected chi connectivity index (χ1v) is 10.2. The van der Waals surface area contributed by atoms with Crippen LogP contribution in [0.2, 0.25) is 0 Å². The minimum atomic E-state index is -0.286. The van der Waals surface area contributed by atoms with Gasteiger partial charge >= 0.3 is 6.09 Å². The van der Waals surface area contributed by atoms with Crippen LogP contribution in [0.1, 0.15) is 64.1 Å². The Bertz CT molecular complexity index is 1020. The van der Waals surface area contributed by atoms with Crippen molar-refractivity contribution in [3.8, 4) is 0 Å². The Morgan fingerprint density at radius 2 is 2.25 bits per heavy atom. The zero-order chi connectivity index (χ0) is 19.3. The summed E-state index contributed by atoms with van der Waals surface area (Å²) < 4.78 is 7.89. The lowest BCUT2D eigenvalue weighted by molar-refractivity contribution is 0.0798. The Hall–Kier alpha value is -2.64. The molecule has 0 bridgehead atoms. The summed E-state index contributed by atoms with van der Waals surface area (Å²) in [5.41, 5.74) is 2.46. The Morgan fingerprint density at radius 1 is 1.39 bits per heavy atom. The van der Waals surface area contributed by atoms with E-state index in [1.54, 1.807) is 6.20 Å². The van der Waals surface area contributed by atoms with Gasteiger partial charge in [-0.1, -0.05) is 13.3 Å². The Labute approximate surface area is 163 Å². The molecule has 3 unspecified atom stereocenters. The summed E-state index contributed by atoms with van der Waals surface area (Å²) in [6.45, 7) is 4.27. The number of aromatic amines is 1. The van der Waals surface area contributed by atoms with Gasteiger partial charge in [0.25, 0.3) is 0 Å². The van der Waals surface area contributed by atoms with Crippen molar-refractivity contribution in [3.05, 3.63) is 24.3 Å². The molecule has 2 saturated carbocycles. The fraction of sp³-hybridized carbons (Fsp3) is 0.600. The lowest BCUT2D eigenvalue weighted by atomic mass is 9.79. The van der Waals surface area contributed by atoms with E-state index >= 15 is 0 Å². The van der Waals surface area contributed by atoms with E-state index in [1.807, 2.05) is 12.3 Å². The summed E-state index contributed by atoms with van der Waals surface area (Å²) in [7, 11) is 0. The summed E-state index contributed by atoms with van der Waals surface area (Å²) in [5.74, 6) is 1.55. The highest BCUT2D eigenvalue weighted by Crippen LogP contribution is 2.42. The van der Waals surface area contributed by atoms with Gasteiger partial charge in [0.2, 0.25) is 0 Å². The Kier molecular flexibility index (Phi) is 4.03. The maximum atomic E-state index is 12.4. The van der Waals surface area contributed by atoms with Crippen LogP contribution in [-0.2, 0) is 4.74 Å². The molecule has 2 N–H and O–H groups in total. The maximum absolute atomic E-state index is 12.4. The number of rotatable bonds is 4. The fourth-order valence-electron chi connectivity index (χ4n) is 4.83.